The molecule has 0 spiro atoms. The first kappa shape index (κ1) is 3.30. The number of hydrogen-bond acceptors (Lipinski definition) is 3. The Bertz CT molecular complexity index is 343. The number of rotatable bonds is 0. The molecule has 1 N–H and O–H groups in total. The molecule has 3 aliphatic rings. The Morgan fingerprint density at radius 3 is 2.50 bits per heavy atom. The fourth-order valence-corrected chi connectivity index (χ4v) is 3.36. The molecule has 0 amide bonds. The summed E-state index contributed by atoms with van der Waals surface area (Å²) in [6, 6.07) is 0. The molecule has 1 aromatic rings. The lowest BCUT2D eigenvalue weighted by molar-refractivity contribution is 0.161. The summed E-state index contributed by atoms with van der Waals surface area (Å²) in [5.41, 5.74) is 1.22. The second-order valence-corrected chi connectivity index (χ2v) is 4.51. The van der Waals surface area contributed by atoms with Crippen LogP contribution in [0.2, 0.25) is 0 Å². The first-order chi connectivity index (χ1) is 3.76. The third-order valence-corrected chi connectivity index (χ3v) is 4.13. The van der Waals surface area contributed by atoms with Crippen LogP contribution in [0.25, 0.3) is 0 Å². The van der Waals surface area contributed by atoms with Crippen LogP contribution in [-0.4, -0.2) is 15.2 Å². The molecule has 5 heteroatoms. The summed E-state index contributed by atoms with van der Waals surface area (Å²) in [5, 5.41) is 13.0. The monoisotopic (exact) mass is 128 g/mol. The van der Waals surface area contributed by atoms with Gasteiger partial charge in [0, 0.05) is 0 Å². The van der Waals surface area contributed by atoms with Crippen LogP contribution in [0, 0.1) is 0 Å². The van der Waals surface area contributed by atoms with E-state index in [-0.39, 0.29) is 0 Å². The quantitative estimate of drug-likeness (QED) is 0.292. The van der Waals surface area contributed by atoms with E-state index in [2.05, 4.69) is 5.10 Å². The van der Waals surface area contributed by atoms with Gasteiger partial charge < -0.3 is 9.77 Å². The van der Waals surface area contributed by atoms with Gasteiger partial charge in [-0.1, -0.05) is 4.85 Å². The molecule has 8 heavy (non-hydrogen) atoms. The lowest BCUT2D eigenvalue weighted by atomic mass is 10.8. The Kier molecular flexibility index (Phi) is 0.213. The van der Waals surface area contributed by atoms with Crippen molar-refractivity contribution in [1.29, 1.82) is 0 Å². The Hall–Kier alpha value is -0.760. The van der Waals surface area contributed by atoms with E-state index in [0.717, 1.165) is 10.1 Å². The lowest BCUT2D eigenvalue weighted by Crippen LogP contribution is -2.03. The molecule has 3 aliphatic heterocycles. The molecular formula is C3HN2O2P. The molecule has 0 radical (unpaired) electrons. The zero-order valence-corrected chi connectivity index (χ0v) is 4.59. The maximum absolute atomic E-state index is 10.9. The van der Waals surface area contributed by atoms with Crippen LogP contribution in [0.15, 0.2) is 0 Å². The normalized spacial score (nSPS) is 34.5. The first-order valence-electron chi connectivity index (χ1n) is 2.20. The van der Waals surface area contributed by atoms with Crippen LogP contribution in [0.3, 0.4) is 0 Å². The highest BCUT2D eigenvalue weighted by atomic mass is 31.2. The van der Waals surface area contributed by atoms with E-state index in [4.69, 9.17) is 5.21 Å². The maximum atomic E-state index is 10.9. The molecule has 4 nitrogen and oxygen atoms in total. The van der Waals surface area contributed by atoms with E-state index in [0.29, 0.717) is 10.9 Å². The van der Waals surface area contributed by atoms with E-state index >= 15 is 0 Å². The highest BCUT2D eigenvalue weighted by molar-refractivity contribution is 8.05. The highest BCUT2D eigenvalue weighted by Crippen LogP contribution is 2.65. The summed E-state index contributed by atoms with van der Waals surface area (Å²) in [5.74, 6) is 0. The van der Waals surface area contributed by atoms with Gasteiger partial charge in [0.05, 0.1) is 5.30 Å². The minimum atomic E-state index is -2.09. The summed E-state index contributed by atoms with van der Waals surface area (Å²) in [6.45, 7) is 0. The Labute approximate surface area is 44.1 Å². The summed E-state index contributed by atoms with van der Waals surface area (Å²) >= 11 is 0. The third-order valence-electron chi connectivity index (χ3n) is 1.61. The van der Waals surface area contributed by atoms with Crippen LogP contribution < -0.4 is 16.2 Å². The fourth-order valence-electron chi connectivity index (χ4n) is 1.05. The molecule has 0 aromatic carbocycles. The molecule has 2 bridgehead atoms. The van der Waals surface area contributed by atoms with E-state index in [1.54, 1.807) is 0 Å². The van der Waals surface area contributed by atoms with Gasteiger partial charge in [0.1, 0.15) is 5.44 Å². The second kappa shape index (κ2) is 0.515. The molecule has 0 fully saturated rings. The average molecular weight is 128 g/mol. The van der Waals surface area contributed by atoms with Crippen LogP contribution in [0.1, 0.15) is 0 Å². The summed E-state index contributed by atoms with van der Waals surface area (Å²) in [7, 11) is -2.09. The number of hydrogen-bond donors (Lipinski definition) is 1. The summed E-state index contributed by atoms with van der Waals surface area (Å²) in [4.78, 5) is 0.728. The molecule has 4 heterocycles. The van der Waals surface area contributed by atoms with Gasteiger partial charge in [-0.05, 0) is 0 Å². The largest absolute Gasteiger partial charge is 0.411 e. The van der Waals surface area contributed by atoms with Crippen molar-refractivity contribution < 1.29 is 9.77 Å². The van der Waals surface area contributed by atoms with E-state index in [1.807, 2.05) is 0 Å². The maximum Gasteiger partial charge on any atom is 0.217 e. The average Bonchev–Trinajstić information content (AvgIpc) is 2.26. The van der Waals surface area contributed by atoms with Crippen molar-refractivity contribution in [1.82, 2.24) is 9.94 Å². The van der Waals surface area contributed by atoms with Crippen LogP contribution in [0.5, 0.6) is 0 Å². The molecule has 4 rings (SSSR count). The second-order valence-electron chi connectivity index (χ2n) is 1.99. The van der Waals surface area contributed by atoms with Crippen LogP contribution >= 0.6 is 7.14 Å². The third kappa shape index (κ3) is 0.110. The molecule has 0 aliphatic carbocycles. The molecule has 40 valence electrons. The standard InChI is InChI=1S/C3HN2O2P/c6-5-3-1-2(4-5)8(1,3)7/h6H. The smallest absolute Gasteiger partial charge is 0.217 e. The highest BCUT2D eigenvalue weighted by Gasteiger charge is 2.74. The minimum Gasteiger partial charge on any atom is -0.411 e. The van der Waals surface area contributed by atoms with E-state index < -0.39 is 7.14 Å². The molecule has 1 atom stereocenters. The Morgan fingerprint density at radius 1 is 1.75 bits per heavy atom. The van der Waals surface area contributed by atoms with Crippen LogP contribution in [-0.2, 0) is 4.57 Å². The van der Waals surface area contributed by atoms with Gasteiger partial charge in [-0.25, -0.2) is 0 Å². The molecule has 1 aromatic heterocycles. The molecule has 0 saturated carbocycles. The predicted molar refractivity (Wildman–Crippen MR) is 25.9 cm³/mol. The summed E-state index contributed by atoms with van der Waals surface area (Å²) < 4.78 is 10.9. The SMILES string of the molecule is O=P12c3nn(O)c1c32. The fraction of sp³-hybridized carbons (Fsp3) is 0. The van der Waals surface area contributed by atoms with Gasteiger partial charge in [-0.2, -0.15) is 0 Å². The van der Waals surface area contributed by atoms with E-state index in [9.17, 15) is 4.57 Å². The lowest BCUT2D eigenvalue weighted by Gasteiger charge is -1.76. The van der Waals surface area contributed by atoms with Gasteiger partial charge in [0.2, 0.25) is 7.14 Å². The van der Waals surface area contributed by atoms with Crippen molar-refractivity contribution in [3.8, 4) is 0 Å². The van der Waals surface area contributed by atoms with Gasteiger partial charge in [0.25, 0.3) is 0 Å². The molecule has 1 unspecified atom stereocenters. The minimum absolute atomic E-state index is 0.576. The topological polar surface area (TPSA) is 55.1 Å². The Balaban J connectivity index is 2.69. The van der Waals surface area contributed by atoms with Gasteiger partial charge >= 0.3 is 0 Å². The van der Waals surface area contributed by atoms with Crippen molar-refractivity contribution in [2.24, 2.45) is 0 Å². The predicted octanol–water partition coefficient (Wildman–Crippen LogP) is -1.61. The summed E-state index contributed by atoms with van der Waals surface area (Å²) in [6.07, 6.45) is 0. The number of nitrogens with zero attached hydrogens (tertiary/aromatic N) is 2. The Morgan fingerprint density at radius 2 is 2.38 bits per heavy atom. The van der Waals surface area contributed by atoms with Crippen molar-refractivity contribution in [2.45, 2.75) is 0 Å². The molecular weight excluding hydrogens is 127 g/mol. The van der Waals surface area contributed by atoms with E-state index in [1.165, 1.54) is 0 Å². The number of fused-ring (bicyclic) bond motifs is 1. The molecule has 0 saturated heterocycles. The van der Waals surface area contributed by atoms with Gasteiger partial charge in [-0.3, -0.25) is 0 Å². The zero-order valence-electron chi connectivity index (χ0n) is 3.70. The van der Waals surface area contributed by atoms with Crippen molar-refractivity contribution in [2.75, 3.05) is 0 Å². The van der Waals surface area contributed by atoms with Crippen molar-refractivity contribution in [3.63, 3.8) is 0 Å². The number of aromatic nitrogens is 2. The van der Waals surface area contributed by atoms with Crippen LogP contribution in [0.4, 0.5) is 0 Å². The van der Waals surface area contributed by atoms with Gasteiger partial charge in [-0.15, -0.1) is 5.10 Å². The first-order valence-corrected chi connectivity index (χ1v) is 3.91. The van der Waals surface area contributed by atoms with Gasteiger partial charge in [0.15, 0.2) is 5.44 Å². The van der Waals surface area contributed by atoms with Crippen molar-refractivity contribution in [3.05, 3.63) is 0 Å². The van der Waals surface area contributed by atoms with Crippen molar-refractivity contribution >= 4 is 23.3 Å². The zero-order chi connectivity index (χ0) is 5.52.